The van der Waals surface area contributed by atoms with Crippen molar-refractivity contribution < 1.29 is 22.0 Å². The smallest absolute Gasteiger partial charge is 0.200 e. The first-order chi connectivity index (χ1) is 9.75. The minimum absolute atomic E-state index is 0.134. The Labute approximate surface area is 124 Å². The van der Waals surface area contributed by atoms with Crippen molar-refractivity contribution in [1.82, 2.24) is 4.98 Å². The lowest BCUT2D eigenvalue weighted by molar-refractivity contribution is 0.382. The fourth-order valence-corrected chi connectivity index (χ4v) is 1.94. The van der Waals surface area contributed by atoms with E-state index in [1.807, 2.05) is 0 Å². The molecule has 0 spiro atoms. The van der Waals surface area contributed by atoms with Crippen LogP contribution in [0.25, 0.3) is 0 Å². The molecule has 21 heavy (non-hydrogen) atoms. The Morgan fingerprint density at radius 1 is 1.00 bits per heavy atom. The maximum atomic E-state index is 13.5. The normalized spacial score (nSPS) is 10.8. The maximum Gasteiger partial charge on any atom is 0.200 e. The van der Waals surface area contributed by atoms with Gasteiger partial charge in [0.1, 0.15) is 11.5 Å². The summed E-state index contributed by atoms with van der Waals surface area (Å²) in [5, 5.41) is 2.08. The van der Waals surface area contributed by atoms with E-state index in [2.05, 4.69) is 26.2 Å². The summed E-state index contributed by atoms with van der Waals surface area (Å²) in [6.07, 6.45) is 1.19. The van der Waals surface area contributed by atoms with Crippen molar-refractivity contribution in [2.45, 2.75) is 6.92 Å². The highest BCUT2D eigenvalue weighted by Crippen LogP contribution is 2.33. The van der Waals surface area contributed by atoms with Gasteiger partial charge in [-0.25, -0.2) is 26.9 Å². The fraction of sp³-hybridized carbons (Fsp3) is 0.0833. The van der Waals surface area contributed by atoms with Crippen LogP contribution < -0.4 is 11.1 Å². The fourth-order valence-electron chi connectivity index (χ4n) is 1.51. The number of nitrogens with one attached hydrogen (secondary N) is 1. The molecule has 0 fully saturated rings. The summed E-state index contributed by atoms with van der Waals surface area (Å²) in [5.74, 6) is -10.4. The first kappa shape index (κ1) is 15.5. The number of aromatic nitrogens is 1. The minimum Gasteiger partial charge on any atom is -0.397 e. The number of rotatable bonds is 2. The summed E-state index contributed by atoms with van der Waals surface area (Å²) in [4.78, 5) is 3.74. The molecule has 112 valence electrons. The zero-order valence-corrected chi connectivity index (χ0v) is 12.0. The van der Waals surface area contributed by atoms with Gasteiger partial charge in [0.05, 0.1) is 16.4 Å². The van der Waals surface area contributed by atoms with Crippen LogP contribution in [0, 0.1) is 36.0 Å². The predicted octanol–water partition coefficient (Wildman–Crippen LogP) is 4.17. The van der Waals surface area contributed by atoms with Crippen molar-refractivity contribution in [3.05, 3.63) is 45.3 Å². The number of anilines is 3. The second kappa shape index (κ2) is 5.47. The van der Waals surface area contributed by atoms with Crippen LogP contribution in [-0.2, 0) is 0 Å². The highest BCUT2D eigenvalue weighted by atomic mass is 79.9. The van der Waals surface area contributed by atoms with Gasteiger partial charge in [-0.3, -0.25) is 0 Å². The highest BCUT2D eigenvalue weighted by molar-refractivity contribution is 9.10. The van der Waals surface area contributed by atoms with Gasteiger partial charge in [0, 0.05) is 0 Å². The molecule has 0 aliphatic rings. The van der Waals surface area contributed by atoms with E-state index in [-0.39, 0.29) is 10.3 Å². The van der Waals surface area contributed by atoms with E-state index in [1.165, 1.54) is 6.20 Å². The van der Waals surface area contributed by atoms with Crippen LogP contribution in [0.4, 0.5) is 39.1 Å². The summed E-state index contributed by atoms with van der Waals surface area (Å²) in [6.45, 7) is 1.59. The molecule has 0 aliphatic heterocycles. The molecule has 0 aliphatic carbocycles. The number of nitrogens with zero attached hydrogens (tertiary/aromatic N) is 1. The zero-order chi connectivity index (χ0) is 15.9. The number of benzene rings is 1. The maximum absolute atomic E-state index is 13.5. The average molecular weight is 368 g/mol. The lowest BCUT2D eigenvalue weighted by Gasteiger charge is -2.13. The molecule has 2 aromatic rings. The van der Waals surface area contributed by atoms with Crippen molar-refractivity contribution in [2.75, 3.05) is 11.1 Å². The van der Waals surface area contributed by atoms with Gasteiger partial charge in [0.15, 0.2) is 23.3 Å². The molecule has 0 bridgehead atoms. The molecule has 3 N–H and O–H groups in total. The second-order valence-electron chi connectivity index (χ2n) is 4.07. The summed E-state index contributed by atoms with van der Waals surface area (Å²) in [7, 11) is 0. The van der Waals surface area contributed by atoms with Crippen molar-refractivity contribution in [1.29, 1.82) is 0 Å². The Balaban J connectivity index is 2.58. The van der Waals surface area contributed by atoms with Gasteiger partial charge in [-0.15, -0.1) is 0 Å². The number of halogens is 6. The van der Waals surface area contributed by atoms with Crippen LogP contribution >= 0.6 is 15.9 Å². The number of nitrogen functional groups attached to an aromatic ring is 1. The average Bonchev–Trinajstić information content (AvgIpc) is 2.47. The van der Waals surface area contributed by atoms with Crippen molar-refractivity contribution in [3.63, 3.8) is 0 Å². The number of hydrogen-bond acceptors (Lipinski definition) is 3. The first-order valence-corrected chi connectivity index (χ1v) is 6.24. The Bertz CT molecular complexity index is 707. The summed E-state index contributed by atoms with van der Waals surface area (Å²) in [5.41, 5.74) is 5.17. The molecule has 1 aromatic heterocycles. The topological polar surface area (TPSA) is 50.9 Å². The molecule has 0 amide bonds. The van der Waals surface area contributed by atoms with Gasteiger partial charge >= 0.3 is 0 Å². The second-order valence-corrected chi connectivity index (χ2v) is 4.86. The van der Waals surface area contributed by atoms with Crippen LogP contribution in [0.15, 0.2) is 10.7 Å². The van der Waals surface area contributed by atoms with E-state index < -0.39 is 34.8 Å². The number of nitrogens with two attached hydrogens (primary N) is 1. The Hall–Kier alpha value is -1.90. The molecule has 2 rings (SSSR count). The third kappa shape index (κ3) is 2.53. The van der Waals surface area contributed by atoms with E-state index >= 15 is 0 Å². The van der Waals surface area contributed by atoms with Crippen LogP contribution in [0.3, 0.4) is 0 Å². The monoisotopic (exact) mass is 367 g/mol. The molecule has 0 atom stereocenters. The van der Waals surface area contributed by atoms with Crippen molar-refractivity contribution in [2.24, 2.45) is 0 Å². The van der Waals surface area contributed by atoms with Crippen molar-refractivity contribution in [3.8, 4) is 0 Å². The SMILES string of the molecule is Cc1c(N)cnc(Nc2c(F)c(F)c(F)c(F)c2F)c1Br. The highest BCUT2D eigenvalue weighted by Gasteiger charge is 2.26. The molecule has 0 saturated heterocycles. The van der Waals surface area contributed by atoms with E-state index in [0.717, 1.165) is 0 Å². The van der Waals surface area contributed by atoms with Crippen molar-refractivity contribution >= 4 is 33.1 Å². The third-order valence-corrected chi connectivity index (χ3v) is 3.73. The summed E-state index contributed by atoms with van der Waals surface area (Å²) < 4.78 is 66.5. The number of hydrogen-bond donors (Lipinski definition) is 2. The van der Waals surface area contributed by atoms with E-state index in [1.54, 1.807) is 6.92 Å². The van der Waals surface area contributed by atoms with E-state index in [4.69, 9.17) is 5.73 Å². The Kier molecular flexibility index (Phi) is 4.04. The van der Waals surface area contributed by atoms with Crippen LogP contribution in [0.1, 0.15) is 5.56 Å². The van der Waals surface area contributed by atoms with Gasteiger partial charge < -0.3 is 11.1 Å². The predicted molar refractivity (Wildman–Crippen MR) is 70.6 cm³/mol. The van der Waals surface area contributed by atoms with Gasteiger partial charge in [-0.05, 0) is 28.4 Å². The molecular formula is C12H7BrF5N3. The lowest BCUT2D eigenvalue weighted by atomic mass is 10.2. The quantitative estimate of drug-likeness (QED) is 0.475. The van der Waals surface area contributed by atoms with Gasteiger partial charge in [0.25, 0.3) is 0 Å². The summed E-state index contributed by atoms with van der Waals surface area (Å²) >= 11 is 3.08. The molecule has 1 heterocycles. The molecular weight excluding hydrogens is 361 g/mol. The van der Waals surface area contributed by atoms with Gasteiger partial charge in [0.2, 0.25) is 5.82 Å². The molecule has 0 saturated carbocycles. The van der Waals surface area contributed by atoms with Crippen LogP contribution in [0.2, 0.25) is 0 Å². The molecule has 9 heteroatoms. The van der Waals surface area contributed by atoms with E-state index in [9.17, 15) is 22.0 Å². The van der Waals surface area contributed by atoms with Crippen LogP contribution in [0.5, 0.6) is 0 Å². The van der Waals surface area contributed by atoms with Crippen LogP contribution in [-0.4, -0.2) is 4.98 Å². The summed E-state index contributed by atoms with van der Waals surface area (Å²) in [6, 6.07) is 0. The first-order valence-electron chi connectivity index (χ1n) is 5.44. The zero-order valence-electron chi connectivity index (χ0n) is 10.4. The molecule has 0 radical (unpaired) electrons. The van der Waals surface area contributed by atoms with Gasteiger partial charge in [-0.2, -0.15) is 0 Å². The Morgan fingerprint density at radius 3 is 2.00 bits per heavy atom. The van der Waals surface area contributed by atoms with Gasteiger partial charge in [-0.1, -0.05) is 0 Å². The number of pyridine rings is 1. The lowest BCUT2D eigenvalue weighted by Crippen LogP contribution is -2.08. The third-order valence-electron chi connectivity index (χ3n) is 2.76. The molecule has 1 aromatic carbocycles. The Morgan fingerprint density at radius 2 is 1.48 bits per heavy atom. The molecule has 0 unspecified atom stereocenters. The standard InChI is InChI=1S/C12H7BrF5N3/c1-3-4(19)2-20-12(5(3)13)21-11-9(17)7(15)6(14)8(16)10(11)18/h2H,19H2,1H3,(H,20,21). The molecule has 3 nitrogen and oxygen atoms in total. The van der Waals surface area contributed by atoms with E-state index in [0.29, 0.717) is 11.3 Å². The largest absolute Gasteiger partial charge is 0.397 e. The minimum atomic E-state index is -2.23.